The van der Waals surface area contributed by atoms with Crippen LogP contribution in [0.5, 0.6) is 5.75 Å². The number of nitrogens with zero attached hydrogens (tertiary/aromatic N) is 1. The fourth-order valence-electron chi connectivity index (χ4n) is 2.09. The van der Waals surface area contributed by atoms with Gasteiger partial charge in [-0.25, -0.2) is 0 Å². The normalized spacial score (nSPS) is 10.3. The highest BCUT2D eigenvalue weighted by atomic mass is 16.3. The number of hydrogen-bond acceptors (Lipinski definition) is 2. The van der Waals surface area contributed by atoms with Crippen LogP contribution in [0.1, 0.15) is 16.7 Å². The summed E-state index contributed by atoms with van der Waals surface area (Å²) in [6.07, 6.45) is 0.380. The first-order chi connectivity index (χ1) is 9.47. The summed E-state index contributed by atoms with van der Waals surface area (Å²) in [6, 6.07) is 12.8. The van der Waals surface area contributed by atoms with Crippen molar-refractivity contribution in [1.29, 1.82) is 0 Å². The molecule has 0 fully saturated rings. The fourth-order valence-corrected chi connectivity index (χ4v) is 2.09. The first kappa shape index (κ1) is 14.1. The fraction of sp³-hybridized carbons (Fsp3) is 0.235. The van der Waals surface area contributed by atoms with Crippen molar-refractivity contribution in [3.05, 3.63) is 59.2 Å². The highest BCUT2D eigenvalue weighted by Gasteiger charge is 2.13. The molecule has 0 heterocycles. The van der Waals surface area contributed by atoms with Gasteiger partial charge in [-0.15, -0.1) is 0 Å². The number of phenolic OH excluding ortho intramolecular Hbond substituents is 1. The Bertz CT molecular complexity index is 617. The van der Waals surface area contributed by atoms with Gasteiger partial charge in [-0.3, -0.25) is 4.79 Å². The quantitative estimate of drug-likeness (QED) is 0.929. The number of benzene rings is 2. The minimum Gasteiger partial charge on any atom is -0.508 e. The molecular weight excluding hydrogens is 250 g/mol. The van der Waals surface area contributed by atoms with Crippen LogP contribution in [-0.4, -0.2) is 18.1 Å². The van der Waals surface area contributed by atoms with Crippen LogP contribution in [0.15, 0.2) is 42.5 Å². The van der Waals surface area contributed by atoms with Crippen LogP contribution in [0.25, 0.3) is 0 Å². The third-order valence-electron chi connectivity index (χ3n) is 3.46. The molecular formula is C17H19NO2. The summed E-state index contributed by atoms with van der Waals surface area (Å²) >= 11 is 0. The topological polar surface area (TPSA) is 40.5 Å². The second-order valence-electron chi connectivity index (χ2n) is 5.08. The van der Waals surface area contributed by atoms with Crippen LogP contribution in [0.4, 0.5) is 5.69 Å². The average molecular weight is 269 g/mol. The molecule has 3 nitrogen and oxygen atoms in total. The molecule has 0 unspecified atom stereocenters. The third-order valence-corrected chi connectivity index (χ3v) is 3.46. The Morgan fingerprint density at radius 1 is 1.10 bits per heavy atom. The highest BCUT2D eigenvalue weighted by Crippen LogP contribution is 2.19. The SMILES string of the molecule is Cc1ccc(C)c(CC(=O)N(C)c2ccc(O)cc2)c1. The predicted octanol–water partition coefficient (Wildman–Crippen LogP) is 3.21. The van der Waals surface area contributed by atoms with Gasteiger partial charge in [0, 0.05) is 12.7 Å². The van der Waals surface area contributed by atoms with E-state index in [-0.39, 0.29) is 11.7 Å². The van der Waals surface area contributed by atoms with E-state index in [4.69, 9.17) is 0 Å². The molecule has 3 heteroatoms. The summed E-state index contributed by atoms with van der Waals surface area (Å²) < 4.78 is 0. The summed E-state index contributed by atoms with van der Waals surface area (Å²) in [7, 11) is 1.75. The van der Waals surface area contributed by atoms with Crippen LogP contribution < -0.4 is 4.90 Å². The van der Waals surface area contributed by atoms with E-state index < -0.39 is 0 Å². The van der Waals surface area contributed by atoms with Gasteiger partial charge < -0.3 is 10.0 Å². The average Bonchev–Trinajstić information content (AvgIpc) is 2.43. The van der Waals surface area contributed by atoms with Crippen molar-refractivity contribution in [3.63, 3.8) is 0 Å². The lowest BCUT2D eigenvalue weighted by molar-refractivity contribution is -0.117. The van der Waals surface area contributed by atoms with Crippen molar-refractivity contribution >= 4 is 11.6 Å². The number of hydrogen-bond donors (Lipinski definition) is 1. The minimum atomic E-state index is 0.0318. The maximum Gasteiger partial charge on any atom is 0.231 e. The summed E-state index contributed by atoms with van der Waals surface area (Å²) in [5.41, 5.74) is 4.12. The Hall–Kier alpha value is -2.29. The van der Waals surface area contributed by atoms with Crippen LogP contribution in [-0.2, 0) is 11.2 Å². The summed E-state index contributed by atoms with van der Waals surface area (Å²) in [6.45, 7) is 4.04. The number of aryl methyl sites for hydroxylation is 2. The standard InChI is InChI=1S/C17H19NO2/c1-12-4-5-13(2)14(10-12)11-17(20)18(3)15-6-8-16(19)9-7-15/h4-10,19H,11H2,1-3H3. The van der Waals surface area contributed by atoms with Crippen molar-refractivity contribution in [2.45, 2.75) is 20.3 Å². The van der Waals surface area contributed by atoms with Crippen LogP contribution in [0.3, 0.4) is 0 Å². The van der Waals surface area contributed by atoms with E-state index in [1.165, 1.54) is 0 Å². The molecule has 2 aromatic rings. The Kier molecular flexibility index (Phi) is 4.08. The van der Waals surface area contributed by atoms with E-state index in [1.807, 2.05) is 26.0 Å². The van der Waals surface area contributed by atoms with Crippen molar-refractivity contribution in [1.82, 2.24) is 0 Å². The number of aromatic hydroxyl groups is 1. The Morgan fingerprint density at radius 2 is 1.75 bits per heavy atom. The second-order valence-corrected chi connectivity index (χ2v) is 5.08. The van der Waals surface area contributed by atoms with Gasteiger partial charge in [-0.2, -0.15) is 0 Å². The number of carbonyl (C=O) groups excluding carboxylic acids is 1. The zero-order chi connectivity index (χ0) is 14.7. The molecule has 0 bridgehead atoms. The van der Waals surface area contributed by atoms with Crippen LogP contribution >= 0.6 is 0 Å². The molecule has 104 valence electrons. The molecule has 0 radical (unpaired) electrons. The molecule has 1 amide bonds. The third kappa shape index (κ3) is 3.18. The first-order valence-corrected chi connectivity index (χ1v) is 6.59. The van der Waals surface area contributed by atoms with E-state index in [0.717, 1.165) is 22.4 Å². The monoisotopic (exact) mass is 269 g/mol. The van der Waals surface area contributed by atoms with Crippen LogP contribution in [0.2, 0.25) is 0 Å². The number of likely N-dealkylation sites (N-methyl/N-ethyl adjacent to an activating group) is 1. The number of carbonyl (C=O) groups is 1. The van der Waals surface area contributed by atoms with E-state index in [1.54, 1.807) is 36.2 Å². The zero-order valence-corrected chi connectivity index (χ0v) is 12.1. The molecule has 0 spiro atoms. The summed E-state index contributed by atoms with van der Waals surface area (Å²) in [5, 5.41) is 9.28. The summed E-state index contributed by atoms with van der Waals surface area (Å²) in [5.74, 6) is 0.230. The van der Waals surface area contributed by atoms with Gasteiger partial charge in [0.25, 0.3) is 0 Å². The number of amides is 1. The van der Waals surface area contributed by atoms with Crippen molar-refractivity contribution in [2.75, 3.05) is 11.9 Å². The minimum absolute atomic E-state index is 0.0318. The van der Waals surface area contributed by atoms with E-state index in [2.05, 4.69) is 6.07 Å². The molecule has 1 N–H and O–H groups in total. The lowest BCUT2D eigenvalue weighted by Gasteiger charge is -2.18. The number of phenols is 1. The summed E-state index contributed by atoms with van der Waals surface area (Å²) in [4.78, 5) is 13.9. The van der Waals surface area contributed by atoms with Crippen molar-refractivity contribution in [2.24, 2.45) is 0 Å². The first-order valence-electron chi connectivity index (χ1n) is 6.59. The van der Waals surface area contributed by atoms with Gasteiger partial charge in [-0.1, -0.05) is 23.8 Å². The molecule has 0 atom stereocenters. The van der Waals surface area contributed by atoms with Gasteiger partial charge in [0.15, 0.2) is 0 Å². The van der Waals surface area contributed by atoms with Gasteiger partial charge in [0.2, 0.25) is 5.91 Å². The molecule has 0 saturated carbocycles. The zero-order valence-electron chi connectivity index (χ0n) is 12.1. The maximum absolute atomic E-state index is 12.3. The van der Waals surface area contributed by atoms with Crippen LogP contribution in [0, 0.1) is 13.8 Å². The highest BCUT2D eigenvalue weighted by molar-refractivity contribution is 5.94. The smallest absolute Gasteiger partial charge is 0.231 e. The van der Waals surface area contributed by atoms with E-state index >= 15 is 0 Å². The molecule has 0 aliphatic rings. The Labute approximate surface area is 119 Å². The lowest BCUT2D eigenvalue weighted by Crippen LogP contribution is -2.28. The van der Waals surface area contributed by atoms with Gasteiger partial charge in [0.05, 0.1) is 6.42 Å². The maximum atomic E-state index is 12.3. The van der Waals surface area contributed by atoms with Gasteiger partial charge >= 0.3 is 0 Å². The van der Waals surface area contributed by atoms with Gasteiger partial charge in [0.1, 0.15) is 5.75 Å². The Morgan fingerprint density at radius 3 is 2.40 bits per heavy atom. The van der Waals surface area contributed by atoms with Crippen molar-refractivity contribution in [3.8, 4) is 5.75 Å². The molecule has 0 aliphatic carbocycles. The van der Waals surface area contributed by atoms with Gasteiger partial charge in [-0.05, 0) is 49.2 Å². The molecule has 0 saturated heterocycles. The Balaban J connectivity index is 2.15. The number of rotatable bonds is 3. The molecule has 0 aliphatic heterocycles. The number of anilines is 1. The molecule has 2 rings (SSSR count). The molecule has 2 aromatic carbocycles. The lowest BCUT2D eigenvalue weighted by atomic mass is 10.0. The van der Waals surface area contributed by atoms with E-state index in [0.29, 0.717) is 6.42 Å². The predicted molar refractivity (Wildman–Crippen MR) is 81.1 cm³/mol. The molecule has 20 heavy (non-hydrogen) atoms. The largest absolute Gasteiger partial charge is 0.508 e. The second kappa shape index (κ2) is 5.78. The molecule has 0 aromatic heterocycles. The van der Waals surface area contributed by atoms with Crippen molar-refractivity contribution < 1.29 is 9.90 Å². The van der Waals surface area contributed by atoms with E-state index in [9.17, 15) is 9.90 Å².